The molecule has 2 rings (SSSR count). The Labute approximate surface area is 155 Å². The summed E-state index contributed by atoms with van der Waals surface area (Å²) < 4.78 is 27.4. The Kier molecular flexibility index (Phi) is 8.63. The van der Waals surface area contributed by atoms with Crippen molar-refractivity contribution in [3.8, 4) is 0 Å². The predicted octanol–water partition coefficient (Wildman–Crippen LogP) is 3.71. The molecule has 8 heteroatoms. The van der Waals surface area contributed by atoms with Gasteiger partial charge in [0.15, 0.2) is 0 Å². The Bertz CT molecular complexity index is 584. The van der Waals surface area contributed by atoms with Crippen molar-refractivity contribution in [2.24, 2.45) is 0 Å². The van der Waals surface area contributed by atoms with Gasteiger partial charge in [-0.3, -0.25) is 0 Å². The van der Waals surface area contributed by atoms with Crippen molar-refractivity contribution in [3.05, 3.63) is 33.8 Å². The van der Waals surface area contributed by atoms with Crippen LogP contribution >= 0.6 is 35.6 Å². The molecule has 132 valence electrons. The summed E-state index contributed by atoms with van der Waals surface area (Å²) in [5.74, 6) is -0.143. The molecule has 1 aliphatic rings. The van der Waals surface area contributed by atoms with Gasteiger partial charge in [-0.2, -0.15) is 4.31 Å². The first kappa shape index (κ1) is 21.0. The monoisotopic (exact) mass is 400 g/mol. The van der Waals surface area contributed by atoms with E-state index in [-0.39, 0.29) is 24.2 Å². The van der Waals surface area contributed by atoms with Gasteiger partial charge in [-0.25, -0.2) is 8.42 Å². The van der Waals surface area contributed by atoms with Gasteiger partial charge >= 0.3 is 0 Å². The molecular weight excluding hydrogens is 379 g/mol. The molecule has 0 amide bonds. The molecule has 1 aromatic rings. The maximum Gasteiger partial charge on any atom is 0.218 e. The number of rotatable bonds is 6. The number of piperidine rings is 1. The van der Waals surface area contributed by atoms with Gasteiger partial charge in [0.1, 0.15) is 0 Å². The fraction of sp³-hybridized carbons (Fsp3) is 0.600. The van der Waals surface area contributed by atoms with Crippen molar-refractivity contribution in [2.45, 2.75) is 38.0 Å². The van der Waals surface area contributed by atoms with Crippen molar-refractivity contribution in [1.29, 1.82) is 0 Å². The Balaban J connectivity index is 0.00000264. The lowest BCUT2D eigenvalue weighted by Crippen LogP contribution is -2.46. The molecule has 0 unspecified atom stereocenters. The van der Waals surface area contributed by atoms with Gasteiger partial charge in [0, 0.05) is 28.2 Å². The Morgan fingerprint density at radius 3 is 2.30 bits per heavy atom. The van der Waals surface area contributed by atoms with E-state index in [1.54, 1.807) is 22.5 Å². The SMILES string of the molecule is CCCN(C1CCNCC1)S(=O)(=O)Cc1c(Cl)cccc1Cl.Cl. The van der Waals surface area contributed by atoms with Crippen LogP contribution in [-0.2, 0) is 15.8 Å². The fourth-order valence-corrected chi connectivity index (χ4v) is 5.46. The van der Waals surface area contributed by atoms with Crippen LogP contribution in [0.5, 0.6) is 0 Å². The van der Waals surface area contributed by atoms with E-state index in [0.29, 0.717) is 22.2 Å². The highest BCUT2D eigenvalue weighted by molar-refractivity contribution is 7.88. The van der Waals surface area contributed by atoms with E-state index >= 15 is 0 Å². The summed E-state index contributed by atoms with van der Waals surface area (Å²) in [7, 11) is -3.45. The van der Waals surface area contributed by atoms with Crippen LogP contribution < -0.4 is 5.32 Å². The molecule has 1 heterocycles. The minimum absolute atomic E-state index is 0. The molecule has 0 atom stereocenters. The van der Waals surface area contributed by atoms with Crippen LogP contribution in [-0.4, -0.2) is 38.4 Å². The molecule has 1 aromatic carbocycles. The van der Waals surface area contributed by atoms with Crippen LogP contribution in [0.4, 0.5) is 0 Å². The molecule has 0 bridgehead atoms. The Morgan fingerprint density at radius 2 is 1.78 bits per heavy atom. The van der Waals surface area contributed by atoms with Gasteiger partial charge in [-0.1, -0.05) is 36.2 Å². The number of hydrogen-bond donors (Lipinski definition) is 1. The molecule has 0 radical (unpaired) electrons. The van der Waals surface area contributed by atoms with E-state index < -0.39 is 10.0 Å². The van der Waals surface area contributed by atoms with Crippen molar-refractivity contribution in [2.75, 3.05) is 19.6 Å². The highest BCUT2D eigenvalue weighted by atomic mass is 35.5. The molecule has 1 N–H and O–H groups in total. The molecule has 23 heavy (non-hydrogen) atoms. The van der Waals surface area contributed by atoms with Gasteiger partial charge in [0.2, 0.25) is 10.0 Å². The molecule has 0 aromatic heterocycles. The normalized spacial score (nSPS) is 16.3. The van der Waals surface area contributed by atoms with Crippen LogP contribution in [0.3, 0.4) is 0 Å². The van der Waals surface area contributed by atoms with E-state index in [1.807, 2.05) is 6.92 Å². The maximum absolute atomic E-state index is 12.9. The van der Waals surface area contributed by atoms with Gasteiger partial charge in [0.05, 0.1) is 5.75 Å². The fourth-order valence-electron chi connectivity index (χ4n) is 2.80. The second kappa shape index (κ2) is 9.44. The van der Waals surface area contributed by atoms with Gasteiger partial charge in [-0.05, 0) is 44.5 Å². The van der Waals surface area contributed by atoms with Crippen LogP contribution in [0.25, 0.3) is 0 Å². The summed E-state index contributed by atoms with van der Waals surface area (Å²) in [5, 5.41) is 4.07. The van der Waals surface area contributed by atoms with E-state index in [0.717, 1.165) is 32.4 Å². The number of hydrogen-bond acceptors (Lipinski definition) is 3. The van der Waals surface area contributed by atoms with Crippen LogP contribution in [0.2, 0.25) is 10.0 Å². The minimum atomic E-state index is -3.45. The van der Waals surface area contributed by atoms with Crippen molar-refractivity contribution >= 4 is 45.6 Å². The van der Waals surface area contributed by atoms with Gasteiger partial charge < -0.3 is 5.32 Å². The zero-order valence-electron chi connectivity index (χ0n) is 13.1. The first-order valence-electron chi connectivity index (χ1n) is 7.59. The summed E-state index contributed by atoms with van der Waals surface area (Å²) >= 11 is 12.3. The smallest absolute Gasteiger partial charge is 0.218 e. The summed E-state index contributed by atoms with van der Waals surface area (Å²) in [6.07, 6.45) is 2.48. The third kappa shape index (κ3) is 5.48. The molecule has 1 fully saturated rings. The van der Waals surface area contributed by atoms with Crippen LogP contribution in [0.1, 0.15) is 31.7 Å². The number of halogens is 3. The highest BCUT2D eigenvalue weighted by Gasteiger charge is 2.31. The summed E-state index contributed by atoms with van der Waals surface area (Å²) in [6.45, 7) is 4.24. The van der Waals surface area contributed by atoms with E-state index in [1.165, 1.54) is 0 Å². The van der Waals surface area contributed by atoms with Crippen LogP contribution in [0, 0.1) is 0 Å². The average Bonchev–Trinajstić information content (AvgIpc) is 2.49. The second-order valence-corrected chi connectivity index (χ2v) is 8.28. The number of nitrogens with one attached hydrogen (secondary N) is 1. The van der Waals surface area contributed by atoms with Crippen molar-refractivity contribution in [3.63, 3.8) is 0 Å². The minimum Gasteiger partial charge on any atom is -0.317 e. The van der Waals surface area contributed by atoms with Gasteiger partial charge in [-0.15, -0.1) is 12.4 Å². The zero-order valence-corrected chi connectivity index (χ0v) is 16.2. The number of benzene rings is 1. The molecule has 4 nitrogen and oxygen atoms in total. The lowest BCUT2D eigenvalue weighted by molar-refractivity contribution is 0.262. The van der Waals surface area contributed by atoms with Crippen molar-refractivity contribution in [1.82, 2.24) is 9.62 Å². The summed E-state index contributed by atoms with van der Waals surface area (Å²) in [4.78, 5) is 0. The molecular formula is C15H23Cl3N2O2S. The topological polar surface area (TPSA) is 49.4 Å². The molecule has 1 saturated heterocycles. The maximum atomic E-state index is 12.9. The molecule has 1 aliphatic heterocycles. The largest absolute Gasteiger partial charge is 0.317 e. The molecule has 0 aliphatic carbocycles. The zero-order chi connectivity index (χ0) is 16.2. The Morgan fingerprint density at radius 1 is 1.22 bits per heavy atom. The third-order valence-corrected chi connectivity index (χ3v) is 6.46. The first-order chi connectivity index (χ1) is 10.5. The quantitative estimate of drug-likeness (QED) is 0.790. The van der Waals surface area contributed by atoms with E-state index in [9.17, 15) is 8.42 Å². The van der Waals surface area contributed by atoms with E-state index in [2.05, 4.69) is 5.32 Å². The Hall–Kier alpha value is -0.0400. The first-order valence-corrected chi connectivity index (χ1v) is 9.95. The highest BCUT2D eigenvalue weighted by Crippen LogP contribution is 2.28. The number of nitrogens with zero attached hydrogens (tertiary/aromatic N) is 1. The lowest BCUT2D eigenvalue weighted by Gasteiger charge is -2.33. The van der Waals surface area contributed by atoms with Crippen molar-refractivity contribution < 1.29 is 8.42 Å². The average molecular weight is 402 g/mol. The third-order valence-electron chi connectivity index (χ3n) is 3.91. The van der Waals surface area contributed by atoms with E-state index in [4.69, 9.17) is 23.2 Å². The standard InChI is InChI=1S/C15H22Cl2N2O2S.ClH/c1-2-10-19(12-6-8-18-9-7-12)22(20,21)11-13-14(16)4-3-5-15(13)17;/h3-5,12,18H,2,6-11H2,1H3;1H. The van der Waals surface area contributed by atoms with Gasteiger partial charge in [0.25, 0.3) is 0 Å². The summed E-state index contributed by atoms with van der Waals surface area (Å²) in [5.41, 5.74) is 0.487. The van der Waals surface area contributed by atoms with Crippen LogP contribution in [0.15, 0.2) is 18.2 Å². The lowest BCUT2D eigenvalue weighted by atomic mass is 10.1. The molecule has 0 saturated carbocycles. The second-order valence-electron chi connectivity index (χ2n) is 5.55. The number of sulfonamides is 1. The summed E-state index contributed by atoms with van der Waals surface area (Å²) in [6, 6.07) is 5.13. The predicted molar refractivity (Wildman–Crippen MR) is 99.2 cm³/mol. The molecule has 0 spiro atoms.